The van der Waals surface area contributed by atoms with Crippen LogP contribution in [0.15, 0.2) is 12.3 Å². The number of aliphatic hydroxyl groups is 1. The molecule has 1 spiro atoms. The lowest BCUT2D eigenvalue weighted by Gasteiger charge is -2.57. The highest BCUT2D eigenvalue weighted by molar-refractivity contribution is 6.66. The molecular formula is C35H53BClN3O7. The summed E-state index contributed by atoms with van der Waals surface area (Å²) in [6, 6.07) is 1.98. The van der Waals surface area contributed by atoms with Crippen LogP contribution in [0.25, 0.3) is 10.9 Å². The minimum atomic E-state index is -0.781. The molecule has 1 amide bonds. The SMILES string of the molecule is CC(C)(C)OC(=O)N1CCCC2(C1)CC(O)(CCOCCc1c(Cl)cc3c(cnn3C3CCCCO3)c1B1OC(C)(C)C(C)(C)O1)C2. The van der Waals surface area contributed by atoms with Crippen molar-refractivity contribution >= 4 is 41.2 Å². The fourth-order valence-electron chi connectivity index (χ4n) is 7.89. The summed E-state index contributed by atoms with van der Waals surface area (Å²) in [5.41, 5.74) is 0.350. The van der Waals surface area contributed by atoms with Crippen molar-refractivity contribution < 1.29 is 33.4 Å². The number of fused-ring (bicyclic) bond motifs is 1. The van der Waals surface area contributed by atoms with Gasteiger partial charge in [0.05, 0.1) is 35.1 Å². The lowest BCUT2D eigenvalue weighted by atomic mass is 9.55. The lowest BCUT2D eigenvalue weighted by Crippen LogP contribution is -2.60. The van der Waals surface area contributed by atoms with Crippen molar-refractivity contribution in [1.29, 1.82) is 0 Å². The average Bonchev–Trinajstić information content (AvgIpc) is 3.47. The van der Waals surface area contributed by atoms with E-state index in [1.807, 2.05) is 42.6 Å². The van der Waals surface area contributed by atoms with Crippen LogP contribution >= 0.6 is 11.6 Å². The summed E-state index contributed by atoms with van der Waals surface area (Å²) in [6.07, 6.45) is 8.96. The lowest BCUT2D eigenvalue weighted by molar-refractivity contribution is -0.161. The van der Waals surface area contributed by atoms with Crippen LogP contribution in [0.1, 0.15) is 112 Å². The van der Waals surface area contributed by atoms with Crippen LogP contribution in [0.4, 0.5) is 4.79 Å². The highest BCUT2D eigenvalue weighted by atomic mass is 35.5. The first kappa shape index (κ1) is 35.0. The number of likely N-dealkylation sites (tertiary alicyclic amines) is 1. The molecule has 1 aromatic carbocycles. The van der Waals surface area contributed by atoms with Gasteiger partial charge in [-0.15, -0.1) is 0 Å². The standard InChI is InChI=1S/C35H53BClN3O7/c1-31(2,3)45-30(41)39-15-10-13-34(23-39)21-35(42,22-34)14-18-43-17-12-24-26(37)19-27-25(20-38-40(27)28-11-8-9-16-44-28)29(24)36-46-32(4,5)33(6,7)47-36/h19-20,28,42H,8-18,21-23H2,1-7H3. The number of piperidine rings is 1. The first-order valence-corrected chi connectivity index (χ1v) is 17.8. The quantitative estimate of drug-likeness (QED) is 0.262. The van der Waals surface area contributed by atoms with E-state index in [2.05, 4.69) is 27.7 Å². The predicted octanol–water partition coefficient (Wildman–Crippen LogP) is 6.18. The zero-order valence-corrected chi connectivity index (χ0v) is 30.1. The van der Waals surface area contributed by atoms with Crippen LogP contribution in [-0.2, 0) is 29.9 Å². The van der Waals surface area contributed by atoms with Gasteiger partial charge < -0.3 is 33.5 Å². The van der Waals surface area contributed by atoms with E-state index in [1.54, 1.807) is 0 Å². The van der Waals surface area contributed by atoms with E-state index in [1.165, 1.54) is 0 Å². The first-order chi connectivity index (χ1) is 22.0. The topological polar surface area (TPSA) is 105 Å². The molecule has 3 saturated heterocycles. The molecule has 6 rings (SSSR count). The maximum absolute atomic E-state index is 12.7. The molecule has 3 aliphatic heterocycles. The van der Waals surface area contributed by atoms with Gasteiger partial charge in [0.2, 0.25) is 0 Å². The Labute approximate surface area is 284 Å². The summed E-state index contributed by atoms with van der Waals surface area (Å²) in [5.74, 6) is 0. The number of ether oxygens (including phenoxy) is 3. The summed E-state index contributed by atoms with van der Waals surface area (Å²) in [4.78, 5) is 14.5. The Bertz CT molecular complexity index is 1440. The second-order valence-corrected chi connectivity index (χ2v) is 16.8. The van der Waals surface area contributed by atoms with E-state index in [0.29, 0.717) is 57.0 Å². The fourth-order valence-corrected chi connectivity index (χ4v) is 8.19. The van der Waals surface area contributed by atoms with Gasteiger partial charge in [0.1, 0.15) is 5.60 Å². The van der Waals surface area contributed by atoms with E-state index in [4.69, 9.17) is 40.2 Å². The summed E-state index contributed by atoms with van der Waals surface area (Å²) in [6.45, 7) is 16.8. The third-order valence-corrected chi connectivity index (χ3v) is 11.2. The van der Waals surface area contributed by atoms with E-state index in [-0.39, 0.29) is 17.7 Å². The van der Waals surface area contributed by atoms with Crippen molar-refractivity contribution in [3.05, 3.63) is 22.8 Å². The van der Waals surface area contributed by atoms with Crippen LogP contribution in [0.5, 0.6) is 0 Å². The Hall–Kier alpha value is -1.89. The summed E-state index contributed by atoms with van der Waals surface area (Å²) in [5, 5.41) is 17.6. The monoisotopic (exact) mass is 673 g/mol. The molecule has 12 heteroatoms. The van der Waals surface area contributed by atoms with Crippen LogP contribution in [0.3, 0.4) is 0 Å². The highest BCUT2D eigenvalue weighted by Crippen LogP contribution is 2.55. The maximum Gasteiger partial charge on any atom is 0.495 e. The van der Waals surface area contributed by atoms with Crippen molar-refractivity contribution in [3.63, 3.8) is 0 Å². The largest absolute Gasteiger partial charge is 0.495 e. The first-order valence-electron chi connectivity index (χ1n) is 17.4. The number of nitrogens with zero attached hydrogens (tertiary/aromatic N) is 3. The average molecular weight is 674 g/mol. The maximum atomic E-state index is 12.7. The van der Waals surface area contributed by atoms with Crippen LogP contribution in [0, 0.1) is 5.41 Å². The molecule has 4 aliphatic rings. The predicted molar refractivity (Wildman–Crippen MR) is 182 cm³/mol. The van der Waals surface area contributed by atoms with Gasteiger partial charge in [-0.3, -0.25) is 0 Å². The zero-order chi connectivity index (χ0) is 33.8. The number of halogens is 1. The number of carbonyl (C=O) groups excluding carboxylic acids is 1. The minimum Gasteiger partial charge on any atom is -0.444 e. The van der Waals surface area contributed by atoms with E-state index in [0.717, 1.165) is 60.6 Å². The number of rotatable bonds is 8. The minimum absolute atomic E-state index is 0.0440. The molecule has 10 nitrogen and oxygen atoms in total. The molecule has 4 fully saturated rings. The Morgan fingerprint density at radius 3 is 2.51 bits per heavy atom. The number of amides is 1. The van der Waals surface area contributed by atoms with Crippen LogP contribution in [0.2, 0.25) is 5.02 Å². The third-order valence-electron chi connectivity index (χ3n) is 10.8. The van der Waals surface area contributed by atoms with Gasteiger partial charge in [-0.25, -0.2) is 9.48 Å². The Kier molecular flexibility index (Phi) is 9.50. The van der Waals surface area contributed by atoms with Gasteiger partial charge in [-0.1, -0.05) is 11.6 Å². The van der Waals surface area contributed by atoms with Crippen LogP contribution in [-0.4, -0.2) is 88.3 Å². The van der Waals surface area contributed by atoms with Gasteiger partial charge in [0, 0.05) is 36.7 Å². The molecule has 260 valence electrons. The normalized spacial score (nSPS) is 29.0. The molecule has 0 bridgehead atoms. The Morgan fingerprint density at radius 1 is 1.13 bits per heavy atom. The summed E-state index contributed by atoms with van der Waals surface area (Å²) in [7, 11) is -0.608. The molecule has 1 atom stereocenters. The Morgan fingerprint density at radius 2 is 1.85 bits per heavy atom. The zero-order valence-electron chi connectivity index (χ0n) is 29.3. The van der Waals surface area contributed by atoms with Gasteiger partial charge in [-0.05, 0) is 129 Å². The molecule has 2 aromatic rings. The molecule has 1 N–H and O–H groups in total. The van der Waals surface area contributed by atoms with E-state index < -0.39 is 29.5 Å². The number of hydrogen-bond acceptors (Lipinski definition) is 8. The summed E-state index contributed by atoms with van der Waals surface area (Å²) < 4.78 is 32.9. The molecule has 1 saturated carbocycles. The van der Waals surface area contributed by atoms with Crippen molar-refractivity contribution in [3.8, 4) is 0 Å². The van der Waals surface area contributed by atoms with E-state index >= 15 is 0 Å². The third kappa shape index (κ3) is 7.22. The van der Waals surface area contributed by atoms with Crippen LogP contribution < -0.4 is 5.46 Å². The van der Waals surface area contributed by atoms with Gasteiger partial charge in [0.15, 0.2) is 6.23 Å². The smallest absolute Gasteiger partial charge is 0.444 e. The molecule has 47 heavy (non-hydrogen) atoms. The molecule has 1 aliphatic carbocycles. The van der Waals surface area contributed by atoms with Gasteiger partial charge in [-0.2, -0.15) is 5.10 Å². The second kappa shape index (κ2) is 12.8. The van der Waals surface area contributed by atoms with Crippen molar-refractivity contribution in [2.24, 2.45) is 5.41 Å². The second-order valence-electron chi connectivity index (χ2n) is 16.4. The highest BCUT2D eigenvalue weighted by Gasteiger charge is 2.55. The van der Waals surface area contributed by atoms with Crippen molar-refractivity contribution in [2.45, 2.75) is 135 Å². The number of benzene rings is 1. The van der Waals surface area contributed by atoms with Gasteiger partial charge >= 0.3 is 13.2 Å². The Balaban J connectivity index is 1.10. The molecule has 0 radical (unpaired) electrons. The molecular weight excluding hydrogens is 621 g/mol. The summed E-state index contributed by atoms with van der Waals surface area (Å²) >= 11 is 7.04. The number of carbonyl (C=O) groups is 1. The number of aromatic nitrogens is 2. The fraction of sp³-hybridized carbons (Fsp3) is 0.771. The van der Waals surface area contributed by atoms with E-state index in [9.17, 15) is 9.90 Å². The van der Waals surface area contributed by atoms with Crippen molar-refractivity contribution in [2.75, 3.05) is 32.9 Å². The molecule has 4 heterocycles. The van der Waals surface area contributed by atoms with Gasteiger partial charge in [0.25, 0.3) is 0 Å². The molecule has 1 unspecified atom stereocenters. The van der Waals surface area contributed by atoms with Crippen molar-refractivity contribution in [1.82, 2.24) is 14.7 Å². The molecule has 1 aromatic heterocycles. The number of hydrogen-bond donors (Lipinski definition) is 1.